The summed E-state index contributed by atoms with van der Waals surface area (Å²) in [5, 5.41) is 9.03. The zero-order valence-electron chi connectivity index (χ0n) is 9.67. The molecule has 1 fully saturated rings. The van der Waals surface area contributed by atoms with Crippen LogP contribution < -0.4 is 5.73 Å². The third-order valence-electron chi connectivity index (χ3n) is 3.20. The van der Waals surface area contributed by atoms with Crippen LogP contribution in [0.1, 0.15) is 29.6 Å². The Bertz CT molecular complexity index is 404. The van der Waals surface area contributed by atoms with Crippen molar-refractivity contribution in [2.45, 2.75) is 25.3 Å². The predicted molar refractivity (Wildman–Crippen MR) is 64.4 cm³/mol. The van der Waals surface area contributed by atoms with E-state index < -0.39 is 0 Å². The summed E-state index contributed by atoms with van der Waals surface area (Å²) in [6, 6.07) is 1.86. The summed E-state index contributed by atoms with van der Waals surface area (Å²) in [5.74, 6) is -0.130. The quantitative estimate of drug-likeness (QED) is 0.803. The lowest BCUT2D eigenvalue weighted by Crippen LogP contribution is -2.45. The summed E-state index contributed by atoms with van der Waals surface area (Å²) in [4.78, 5) is 17.9. The van der Waals surface area contributed by atoms with Crippen LogP contribution in [-0.2, 0) is 0 Å². The Morgan fingerprint density at radius 3 is 2.88 bits per heavy atom. The normalized spacial score (nSPS) is 15.4. The molecule has 0 atom stereocenters. The van der Waals surface area contributed by atoms with Gasteiger partial charge in [0.2, 0.25) is 0 Å². The highest BCUT2D eigenvalue weighted by molar-refractivity contribution is 5.98. The van der Waals surface area contributed by atoms with Gasteiger partial charge >= 0.3 is 0 Å². The summed E-state index contributed by atoms with van der Waals surface area (Å²) in [6.07, 6.45) is 6.20. The smallest absolute Gasteiger partial charge is 0.257 e. The number of aliphatic hydroxyl groups excluding tert-OH is 1. The van der Waals surface area contributed by atoms with Crippen molar-refractivity contribution in [1.29, 1.82) is 0 Å². The standard InChI is InChI=1S/C12H17N3O2/c13-11-4-5-14-8-10(11)12(17)15(6-7-16)9-2-1-3-9/h4-5,8-9,16H,1-3,6-7H2,(H2,13,14). The van der Waals surface area contributed by atoms with Gasteiger partial charge in [-0.25, -0.2) is 0 Å². The van der Waals surface area contributed by atoms with Crippen molar-refractivity contribution in [3.63, 3.8) is 0 Å². The molecule has 0 bridgehead atoms. The highest BCUT2D eigenvalue weighted by atomic mass is 16.3. The van der Waals surface area contributed by atoms with E-state index in [-0.39, 0.29) is 18.6 Å². The maximum atomic E-state index is 12.3. The Balaban J connectivity index is 2.18. The molecule has 1 saturated carbocycles. The number of hydrogen-bond donors (Lipinski definition) is 2. The zero-order valence-corrected chi connectivity index (χ0v) is 9.67. The fourth-order valence-corrected chi connectivity index (χ4v) is 1.99. The first-order chi connectivity index (χ1) is 8.24. The van der Waals surface area contributed by atoms with Crippen LogP contribution in [0, 0.1) is 0 Å². The largest absolute Gasteiger partial charge is 0.398 e. The minimum absolute atomic E-state index is 0.0254. The molecule has 0 spiro atoms. The number of pyridine rings is 1. The molecular formula is C12H17N3O2. The van der Waals surface area contributed by atoms with E-state index in [1.807, 2.05) is 0 Å². The van der Waals surface area contributed by atoms with Crippen LogP contribution in [-0.4, -0.2) is 40.1 Å². The number of hydrogen-bond acceptors (Lipinski definition) is 4. The number of nitrogens with two attached hydrogens (primary N) is 1. The second-order valence-electron chi connectivity index (χ2n) is 4.27. The molecular weight excluding hydrogens is 218 g/mol. The van der Waals surface area contributed by atoms with Gasteiger partial charge in [-0.15, -0.1) is 0 Å². The van der Waals surface area contributed by atoms with Crippen LogP contribution in [0.5, 0.6) is 0 Å². The molecule has 0 unspecified atom stereocenters. The summed E-state index contributed by atoms with van der Waals surface area (Å²) < 4.78 is 0. The van der Waals surface area contributed by atoms with Crippen molar-refractivity contribution in [2.24, 2.45) is 0 Å². The average Bonchev–Trinajstić information content (AvgIpc) is 2.26. The number of aliphatic hydroxyl groups is 1. The molecule has 1 aliphatic rings. The average molecular weight is 235 g/mol. The monoisotopic (exact) mass is 235 g/mol. The van der Waals surface area contributed by atoms with Gasteiger partial charge in [-0.05, 0) is 25.3 Å². The topological polar surface area (TPSA) is 79.5 Å². The lowest BCUT2D eigenvalue weighted by molar-refractivity contribution is 0.0526. The van der Waals surface area contributed by atoms with E-state index >= 15 is 0 Å². The summed E-state index contributed by atoms with van der Waals surface area (Å²) in [6.45, 7) is 0.334. The molecule has 0 radical (unpaired) electrons. The van der Waals surface area contributed by atoms with E-state index in [1.54, 1.807) is 17.2 Å². The van der Waals surface area contributed by atoms with Crippen LogP contribution in [0.2, 0.25) is 0 Å². The number of aromatic nitrogens is 1. The third-order valence-corrected chi connectivity index (χ3v) is 3.20. The molecule has 0 aliphatic heterocycles. The molecule has 1 aliphatic carbocycles. The van der Waals surface area contributed by atoms with Crippen molar-refractivity contribution in [2.75, 3.05) is 18.9 Å². The van der Waals surface area contributed by atoms with Crippen molar-refractivity contribution < 1.29 is 9.90 Å². The minimum Gasteiger partial charge on any atom is -0.398 e. The van der Waals surface area contributed by atoms with Crippen LogP contribution in [0.25, 0.3) is 0 Å². The molecule has 5 heteroatoms. The zero-order chi connectivity index (χ0) is 12.3. The molecule has 2 rings (SSSR count). The third kappa shape index (κ3) is 2.39. The summed E-state index contributed by atoms with van der Waals surface area (Å²) in [7, 11) is 0. The van der Waals surface area contributed by atoms with Gasteiger partial charge in [0.25, 0.3) is 5.91 Å². The van der Waals surface area contributed by atoms with Gasteiger partial charge in [-0.1, -0.05) is 0 Å². The van der Waals surface area contributed by atoms with Crippen LogP contribution >= 0.6 is 0 Å². The Morgan fingerprint density at radius 2 is 2.35 bits per heavy atom. The number of rotatable bonds is 4. The molecule has 17 heavy (non-hydrogen) atoms. The second-order valence-corrected chi connectivity index (χ2v) is 4.27. The fourth-order valence-electron chi connectivity index (χ4n) is 1.99. The van der Waals surface area contributed by atoms with Gasteiger partial charge in [0.05, 0.1) is 12.2 Å². The first kappa shape index (κ1) is 11.9. The van der Waals surface area contributed by atoms with Crippen LogP contribution in [0.4, 0.5) is 5.69 Å². The molecule has 0 aromatic carbocycles. The fraction of sp³-hybridized carbons (Fsp3) is 0.500. The van der Waals surface area contributed by atoms with Gasteiger partial charge in [0, 0.05) is 30.7 Å². The number of nitrogen functional groups attached to an aromatic ring is 1. The summed E-state index contributed by atoms with van der Waals surface area (Å²) in [5.41, 5.74) is 6.63. The van der Waals surface area contributed by atoms with Crippen LogP contribution in [0.3, 0.4) is 0 Å². The van der Waals surface area contributed by atoms with Gasteiger partial charge in [0.15, 0.2) is 0 Å². The maximum absolute atomic E-state index is 12.3. The summed E-state index contributed by atoms with van der Waals surface area (Å²) >= 11 is 0. The van der Waals surface area contributed by atoms with E-state index in [4.69, 9.17) is 10.8 Å². The molecule has 1 aromatic heterocycles. The van der Waals surface area contributed by atoms with Gasteiger partial charge in [-0.2, -0.15) is 0 Å². The lowest BCUT2D eigenvalue weighted by atomic mass is 9.91. The molecule has 1 heterocycles. The first-order valence-electron chi connectivity index (χ1n) is 5.85. The van der Waals surface area contributed by atoms with Crippen LogP contribution in [0.15, 0.2) is 18.5 Å². The van der Waals surface area contributed by atoms with Gasteiger partial charge < -0.3 is 15.7 Å². The maximum Gasteiger partial charge on any atom is 0.257 e. The van der Waals surface area contributed by atoms with Gasteiger partial charge in [0.1, 0.15) is 0 Å². The molecule has 3 N–H and O–H groups in total. The van der Waals surface area contributed by atoms with E-state index in [1.165, 1.54) is 6.20 Å². The minimum atomic E-state index is -0.130. The van der Waals surface area contributed by atoms with Crippen molar-refractivity contribution >= 4 is 11.6 Å². The SMILES string of the molecule is Nc1ccncc1C(=O)N(CCO)C1CCC1. The Kier molecular flexibility index (Phi) is 3.58. The van der Waals surface area contributed by atoms with E-state index in [0.717, 1.165) is 19.3 Å². The molecule has 5 nitrogen and oxygen atoms in total. The van der Waals surface area contributed by atoms with E-state index in [0.29, 0.717) is 17.8 Å². The van der Waals surface area contributed by atoms with Gasteiger partial charge in [-0.3, -0.25) is 9.78 Å². The number of anilines is 1. The number of nitrogens with zero attached hydrogens (tertiary/aromatic N) is 2. The number of amides is 1. The Hall–Kier alpha value is -1.62. The van der Waals surface area contributed by atoms with E-state index in [2.05, 4.69) is 4.98 Å². The van der Waals surface area contributed by atoms with Crippen molar-refractivity contribution in [1.82, 2.24) is 9.88 Å². The Labute approximate surface area is 100 Å². The highest BCUT2D eigenvalue weighted by Gasteiger charge is 2.29. The number of carbonyl (C=O) groups excluding carboxylic acids is 1. The second kappa shape index (κ2) is 5.14. The van der Waals surface area contributed by atoms with E-state index in [9.17, 15) is 4.79 Å². The van der Waals surface area contributed by atoms with Crippen molar-refractivity contribution in [3.05, 3.63) is 24.0 Å². The first-order valence-corrected chi connectivity index (χ1v) is 5.85. The number of carbonyl (C=O) groups is 1. The molecule has 1 amide bonds. The lowest BCUT2D eigenvalue weighted by Gasteiger charge is -2.37. The molecule has 1 aromatic rings. The highest BCUT2D eigenvalue weighted by Crippen LogP contribution is 2.26. The molecule has 0 saturated heterocycles. The Morgan fingerprint density at radius 1 is 1.59 bits per heavy atom. The van der Waals surface area contributed by atoms with Crippen molar-refractivity contribution in [3.8, 4) is 0 Å². The predicted octanol–water partition coefficient (Wildman–Crippen LogP) is 0.651. The molecule has 92 valence electrons.